The van der Waals surface area contributed by atoms with E-state index >= 15 is 0 Å². The summed E-state index contributed by atoms with van der Waals surface area (Å²) in [6.07, 6.45) is 3.48. The monoisotopic (exact) mass is 367 g/mol. The average molecular weight is 367 g/mol. The van der Waals surface area contributed by atoms with Crippen LogP contribution in [0.3, 0.4) is 0 Å². The summed E-state index contributed by atoms with van der Waals surface area (Å²) in [5.74, 6) is 1.05. The molecule has 1 fully saturated rings. The van der Waals surface area contributed by atoms with Gasteiger partial charge in [-0.25, -0.2) is 15.0 Å². The Morgan fingerprint density at radius 1 is 1.19 bits per heavy atom. The average Bonchev–Trinajstić information content (AvgIpc) is 3.15. The highest BCUT2D eigenvalue weighted by Gasteiger charge is 2.26. The minimum Gasteiger partial charge on any atom is -0.356 e. The molecule has 3 heterocycles. The van der Waals surface area contributed by atoms with Crippen LogP contribution in [0.4, 0.5) is 5.82 Å². The molecule has 1 amide bonds. The second-order valence-corrected chi connectivity index (χ2v) is 7.57. The predicted octanol–water partition coefficient (Wildman–Crippen LogP) is 3.14. The van der Waals surface area contributed by atoms with Gasteiger partial charge in [0.15, 0.2) is 0 Å². The molecule has 1 aromatic carbocycles. The number of likely N-dealkylation sites (tertiary alicyclic amines) is 1. The largest absolute Gasteiger partial charge is 0.356 e. The summed E-state index contributed by atoms with van der Waals surface area (Å²) in [6, 6.07) is 8.15. The molecule has 4 rings (SSSR count). The SMILES string of the molecule is Cc1cc(N(C)C2CCN(C(=O)c3ccc4ncsc4c3)CC2)ncn1. The van der Waals surface area contributed by atoms with Crippen molar-refractivity contribution in [3.8, 4) is 0 Å². The van der Waals surface area contributed by atoms with Gasteiger partial charge in [-0.15, -0.1) is 11.3 Å². The first-order chi connectivity index (χ1) is 12.6. The van der Waals surface area contributed by atoms with Crippen LogP contribution in [-0.4, -0.2) is 51.9 Å². The van der Waals surface area contributed by atoms with E-state index in [0.29, 0.717) is 6.04 Å². The summed E-state index contributed by atoms with van der Waals surface area (Å²) in [5.41, 5.74) is 4.48. The highest BCUT2D eigenvalue weighted by molar-refractivity contribution is 7.16. The number of piperidine rings is 1. The number of nitrogens with zero attached hydrogens (tertiary/aromatic N) is 5. The van der Waals surface area contributed by atoms with Crippen LogP contribution in [0.5, 0.6) is 0 Å². The lowest BCUT2D eigenvalue weighted by molar-refractivity contribution is 0.0713. The second-order valence-electron chi connectivity index (χ2n) is 6.69. The number of carbonyl (C=O) groups is 1. The van der Waals surface area contributed by atoms with Crippen LogP contribution in [0.25, 0.3) is 10.2 Å². The van der Waals surface area contributed by atoms with Gasteiger partial charge in [-0.05, 0) is 38.0 Å². The molecular weight excluding hydrogens is 346 g/mol. The summed E-state index contributed by atoms with van der Waals surface area (Å²) in [4.78, 5) is 29.8. The summed E-state index contributed by atoms with van der Waals surface area (Å²) in [6.45, 7) is 3.50. The Bertz CT molecular complexity index is 932. The third kappa shape index (κ3) is 3.26. The van der Waals surface area contributed by atoms with Crippen LogP contribution in [0.1, 0.15) is 28.9 Å². The molecule has 0 N–H and O–H groups in total. The zero-order valence-corrected chi connectivity index (χ0v) is 15.7. The first-order valence-electron chi connectivity index (χ1n) is 8.76. The molecule has 6 nitrogen and oxygen atoms in total. The van der Waals surface area contributed by atoms with E-state index < -0.39 is 0 Å². The Hall–Kier alpha value is -2.54. The van der Waals surface area contributed by atoms with Gasteiger partial charge in [0.2, 0.25) is 0 Å². The van der Waals surface area contributed by atoms with Crippen LogP contribution in [0.15, 0.2) is 36.1 Å². The Kier molecular flexibility index (Phi) is 4.55. The minimum atomic E-state index is 0.110. The highest BCUT2D eigenvalue weighted by atomic mass is 32.1. The molecule has 0 atom stereocenters. The molecular formula is C19H21N5OS. The lowest BCUT2D eigenvalue weighted by Gasteiger charge is -2.37. The zero-order chi connectivity index (χ0) is 18.1. The summed E-state index contributed by atoms with van der Waals surface area (Å²) in [5, 5.41) is 0. The van der Waals surface area contributed by atoms with Crippen molar-refractivity contribution in [3.05, 3.63) is 47.4 Å². The summed E-state index contributed by atoms with van der Waals surface area (Å²) < 4.78 is 1.06. The Balaban J connectivity index is 1.42. The predicted molar refractivity (Wildman–Crippen MR) is 104 cm³/mol. The molecule has 3 aromatic rings. The van der Waals surface area contributed by atoms with Gasteiger partial charge in [-0.3, -0.25) is 4.79 Å². The van der Waals surface area contributed by atoms with Gasteiger partial charge in [-0.1, -0.05) is 0 Å². The normalized spacial score (nSPS) is 15.4. The van der Waals surface area contributed by atoms with Crippen LogP contribution >= 0.6 is 11.3 Å². The molecule has 0 aliphatic carbocycles. The topological polar surface area (TPSA) is 62.2 Å². The van der Waals surface area contributed by atoms with E-state index in [1.54, 1.807) is 17.7 Å². The van der Waals surface area contributed by atoms with Gasteiger partial charge in [0.1, 0.15) is 12.1 Å². The quantitative estimate of drug-likeness (QED) is 0.712. The molecule has 0 spiro atoms. The first-order valence-corrected chi connectivity index (χ1v) is 9.64. The van der Waals surface area contributed by atoms with E-state index in [1.165, 1.54) is 0 Å². The van der Waals surface area contributed by atoms with Crippen molar-refractivity contribution in [2.45, 2.75) is 25.8 Å². The van der Waals surface area contributed by atoms with Gasteiger partial charge in [0.25, 0.3) is 5.91 Å². The molecule has 26 heavy (non-hydrogen) atoms. The maximum Gasteiger partial charge on any atom is 0.253 e. The number of amides is 1. The Morgan fingerprint density at radius 3 is 2.77 bits per heavy atom. The van der Waals surface area contributed by atoms with Gasteiger partial charge in [0.05, 0.1) is 15.7 Å². The van der Waals surface area contributed by atoms with Crippen molar-refractivity contribution in [1.29, 1.82) is 0 Å². The smallest absolute Gasteiger partial charge is 0.253 e. The lowest BCUT2D eigenvalue weighted by atomic mass is 10.0. The standard InChI is InChI=1S/C19H21N5OS/c1-13-9-18(21-11-20-13)23(2)15-5-7-24(8-6-15)19(25)14-3-4-16-17(10-14)26-12-22-16/h3-4,9-12,15H,5-8H2,1-2H3. The molecule has 1 aliphatic rings. The Labute approximate surface area is 156 Å². The van der Waals surface area contributed by atoms with E-state index in [2.05, 4.69) is 26.9 Å². The van der Waals surface area contributed by atoms with E-state index in [9.17, 15) is 4.79 Å². The third-order valence-corrected chi connectivity index (χ3v) is 5.82. The second kappa shape index (κ2) is 6.99. The molecule has 7 heteroatoms. The number of aryl methyl sites for hydroxylation is 1. The maximum atomic E-state index is 12.8. The molecule has 0 saturated carbocycles. The number of aromatic nitrogens is 3. The molecule has 134 valence electrons. The lowest BCUT2D eigenvalue weighted by Crippen LogP contribution is -2.45. The fraction of sp³-hybridized carbons (Fsp3) is 0.368. The van der Waals surface area contributed by atoms with Gasteiger partial charge in [-0.2, -0.15) is 0 Å². The molecule has 0 radical (unpaired) electrons. The van der Waals surface area contributed by atoms with E-state index in [4.69, 9.17) is 0 Å². The Morgan fingerprint density at radius 2 is 2.00 bits per heavy atom. The maximum absolute atomic E-state index is 12.8. The highest BCUT2D eigenvalue weighted by Crippen LogP contribution is 2.24. The number of carbonyl (C=O) groups excluding carboxylic acids is 1. The zero-order valence-electron chi connectivity index (χ0n) is 14.9. The van der Waals surface area contributed by atoms with Crippen molar-refractivity contribution >= 4 is 33.3 Å². The molecule has 1 aliphatic heterocycles. The van der Waals surface area contributed by atoms with Gasteiger partial charge < -0.3 is 9.80 Å². The van der Waals surface area contributed by atoms with Crippen molar-refractivity contribution in [1.82, 2.24) is 19.9 Å². The van der Waals surface area contributed by atoms with Crippen LogP contribution in [0, 0.1) is 6.92 Å². The van der Waals surface area contributed by atoms with Gasteiger partial charge >= 0.3 is 0 Å². The molecule has 1 saturated heterocycles. The van der Waals surface area contributed by atoms with Crippen molar-refractivity contribution in [2.75, 3.05) is 25.0 Å². The summed E-state index contributed by atoms with van der Waals surface area (Å²) in [7, 11) is 2.07. The van der Waals surface area contributed by atoms with Crippen LogP contribution in [-0.2, 0) is 0 Å². The fourth-order valence-corrected chi connectivity index (χ4v) is 4.16. The number of anilines is 1. The van der Waals surface area contributed by atoms with Gasteiger partial charge in [0, 0.05) is 43.5 Å². The summed E-state index contributed by atoms with van der Waals surface area (Å²) >= 11 is 1.57. The van der Waals surface area contributed by atoms with Crippen molar-refractivity contribution < 1.29 is 4.79 Å². The number of thiazole rings is 1. The molecule has 2 aromatic heterocycles. The van der Waals surface area contributed by atoms with E-state index in [0.717, 1.165) is 53.2 Å². The molecule has 0 unspecified atom stereocenters. The van der Waals surface area contributed by atoms with Crippen LogP contribution in [0.2, 0.25) is 0 Å². The number of fused-ring (bicyclic) bond motifs is 1. The first kappa shape index (κ1) is 16.9. The number of hydrogen-bond acceptors (Lipinski definition) is 6. The number of benzene rings is 1. The number of rotatable bonds is 3. The van der Waals surface area contributed by atoms with E-state index in [-0.39, 0.29) is 5.91 Å². The fourth-order valence-electron chi connectivity index (χ4n) is 3.45. The van der Waals surface area contributed by atoms with E-state index in [1.807, 2.05) is 41.6 Å². The number of hydrogen-bond donors (Lipinski definition) is 0. The minimum absolute atomic E-state index is 0.110. The van der Waals surface area contributed by atoms with Crippen molar-refractivity contribution in [3.63, 3.8) is 0 Å². The van der Waals surface area contributed by atoms with Crippen molar-refractivity contribution in [2.24, 2.45) is 0 Å². The third-order valence-electron chi connectivity index (χ3n) is 5.03. The van der Waals surface area contributed by atoms with Crippen LogP contribution < -0.4 is 4.90 Å². The molecule has 0 bridgehead atoms.